The molecule has 0 aliphatic carbocycles. The van der Waals surface area contributed by atoms with E-state index in [0.717, 1.165) is 31.0 Å². The second kappa shape index (κ2) is 7.32. The van der Waals surface area contributed by atoms with Crippen molar-refractivity contribution in [3.63, 3.8) is 0 Å². The average molecular weight is 228 g/mol. The standard InChI is InChI=1S/C10H20N4O2/c1-11-7-9-10(8-16-3)14(13-12-9)5-4-6-15-2/h11H,4-8H2,1-3H3. The monoisotopic (exact) mass is 228 g/mol. The fraction of sp³-hybridized carbons (Fsp3) is 0.800. The molecule has 0 saturated carbocycles. The van der Waals surface area contributed by atoms with Crippen LogP contribution >= 0.6 is 0 Å². The van der Waals surface area contributed by atoms with Crippen LogP contribution < -0.4 is 5.32 Å². The zero-order chi connectivity index (χ0) is 11.8. The minimum Gasteiger partial charge on any atom is -0.385 e. The number of nitrogens with zero attached hydrogens (tertiary/aromatic N) is 3. The van der Waals surface area contributed by atoms with Crippen LogP contribution in [-0.2, 0) is 29.2 Å². The molecular weight excluding hydrogens is 208 g/mol. The highest BCUT2D eigenvalue weighted by molar-refractivity contribution is 5.08. The summed E-state index contributed by atoms with van der Waals surface area (Å²) in [5, 5.41) is 11.3. The normalized spacial score (nSPS) is 10.9. The molecule has 0 bridgehead atoms. The van der Waals surface area contributed by atoms with E-state index < -0.39 is 0 Å². The minimum absolute atomic E-state index is 0.539. The van der Waals surface area contributed by atoms with Crippen molar-refractivity contribution >= 4 is 0 Å². The molecule has 0 aliphatic heterocycles. The summed E-state index contributed by atoms with van der Waals surface area (Å²) < 4.78 is 12.1. The van der Waals surface area contributed by atoms with E-state index in [9.17, 15) is 0 Å². The lowest BCUT2D eigenvalue weighted by molar-refractivity contribution is 0.169. The maximum atomic E-state index is 5.16. The first-order chi connectivity index (χ1) is 7.83. The van der Waals surface area contributed by atoms with Gasteiger partial charge in [0.15, 0.2) is 0 Å². The lowest BCUT2D eigenvalue weighted by atomic mass is 10.3. The summed E-state index contributed by atoms with van der Waals surface area (Å²) in [6.45, 7) is 2.79. The first-order valence-electron chi connectivity index (χ1n) is 5.37. The van der Waals surface area contributed by atoms with E-state index in [2.05, 4.69) is 15.6 Å². The van der Waals surface area contributed by atoms with E-state index in [1.807, 2.05) is 11.7 Å². The van der Waals surface area contributed by atoms with Crippen molar-refractivity contribution in [1.82, 2.24) is 20.3 Å². The Morgan fingerprint density at radius 1 is 1.31 bits per heavy atom. The molecule has 1 aromatic rings. The van der Waals surface area contributed by atoms with Crippen LogP contribution in [-0.4, -0.2) is 42.9 Å². The van der Waals surface area contributed by atoms with Crippen LogP contribution in [0.3, 0.4) is 0 Å². The van der Waals surface area contributed by atoms with Crippen LogP contribution in [0.2, 0.25) is 0 Å². The second-order valence-electron chi connectivity index (χ2n) is 3.52. The first kappa shape index (κ1) is 13.1. The van der Waals surface area contributed by atoms with Crippen molar-refractivity contribution in [2.75, 3.05) is 27.9 Å². The number of ether oxygens (including phenoxy) is 2. The third kappa shape index (κ3) is 3.55. The molecular formula is C10H20N4O2. The van der Waals surface area contributed by atoms with Crippen molar-refractivity contribution < 1.29 is 9.47 Å². The maximum absolute atomic E-state index is 5.16. The van der Waals surface area contributed by atoms with Gasteiger partial charge in [0.2, 0.25) is 0 Å². The smallest absolute Gasteiger partial charge is 0.102 e. The number of rotatable bonds is 8. The van der Waals surface area contributed by atoms with Gasteiger partial charge in [-0.25, -0.2) is 4.68 Å². The molecule has 92 valence electrons. The van der Waals surface area contributed by atoms with E-state index in [1.165, 1.54) is 0 Å². The van der Waals surface area contributed by atoms with Crippen LogP contribution in [0.25, 0.3) is 0 Å². The zero-order valence-corrected chi connectivity index (χ0v) is 10.2. The van der Waals surface area contributed by atoms with Gasteiger partial charge in [-0.05, 0) is 13.5 Å². The molecule has 0 spiro atoms. The molecule has 1 heterocycles. The average Bonchev–Trinajstić information content (AvgIpc) is 2.64. The van der Waals surface area contributed by atoms with Gasteiger partial charge in [0, 0.05) is 33.9 Å². The third-order valence-electron chi connectivity index (χ3n) is 2.26. The molecule has 0 unspecified atom stereocenters. The van der Waals surface area contributed by atoms with Crippen molar-refractivity contribution in [3.8, 4) is 0 Å². The van der Waals surface area contributed by atoms with Gasteiger partial charge >= 0.3 is 0 Å². The predicted octanol–water partition coefficient (Wildman–Crippen LogP) is 0.180. The van der Waals surface area contributed by atoms with Crippen LogP contribution in [0, 0.1) is 0 Å². The van der Waals surface area contributed by atoms with Crippen LogP contribution in [0.1, 0.15) is 17.8 Å². The Morgan fingerprint density at radius 2 is 2.12 bits per heavy atom. The van der Waals surface area contributed by atoms with Gasteiger partial charge in [0.05, 0.1) is 12.3 Å². The highest BCUT2D eigenvalue weighted by Gasteiger charge is 2.11. The highest BCUT2D eigenvalue weighted by Crippen LogP contribution is 2.07. The van der Waals surface area contributed by atoms with E-state index >= 15 is 0 Å². The number of methoxy groups -OCH3 is 2. The van der Waals surface area contributed by atoms with Gasteiger partial charge < -0.3 is 14.8 Å². The van der Waals surface area contributed by atoms with Crippen molar-refractivity contribution in [2.24, 2.45) is 0 Å². The molecule has 0 aromatic carbocycles. The number of nitrogens with one attached hydrogen (secondary N) is 1. The molecule has 0 fully saturated rings. The van der Waals surface area contributed by atoms with E-state index in [-0.39, 0.29) is 0 Å². The summed E-state index contributed by atoms with van der Waals surface area (Å²) in [5.74, 6) is 0. The van der Waals surface area contributed by atoms with E-state index in [4.69, 9.17) is 9.47 Å². The van der Waals surface area contributed by atoms with Crippen molar-refractivity contribution in [2.45, 2.75) is 26.1 Å². The largest absolute Gasteiger partial charge is 0.385 e. The number of hydrogen-bond acceptors (Lipinski definition) is 5. The van der Waals surface area contributed by atoms with Gasteiger partial charge in [-0.15, -0.1) is 5.10 Å². The summed E-state index contributed by atoms with van der Waals surface area (Å²) in [6.07, 6.45) is 0.926. The zero-order valence-electron chi connectivity index (χ0n) is 10.2. The third-order valence-corrected chi connectivity index (χ3v) is 2.26. The Morgan fingerprint density at radius 3 is 2.75 bits per heavy atom. The first-order valence-corrected chi connectivity index (χ1v) is 5.37. The number of hydrogen-bond donors (Lipinski definition) is 1. The summed E-state index contributed by atoms with van der Waals surface area (Å²) in [5.41, 5.74) is 1.98. The van der Waals surface area contributed by atoms with Gasteiger partial charge in [-0.2, -0.15) is 0 Å². The maximum Gasteiger partial charge on any atom is 0.102 e. The Kier molecular flexibility index (Phi) is 5.99. The Labute approximate surface area is 95.9 Å². The molecule has 0 amide bonds. The molecule has 6 heteroatoms. The Balaban J connectivity index is 2.66. The molecule has 0 aliphatic rings. The van der Waals surface area contributed by atoms with Crippen LogP contribution in [0.4, 0.5) is 0 Å². The second-order valence-corrected chi connectivity index (χ2v) is 3.52. The highest BCUT2D eigenvalue weighted by atomic mass is 16.5. The van der Waals surface area contributed by atoms with Crippen molar-refractivity contribution in [3.05, 3.63) is 11.4 Å². The van der Waals surface area contributed by atoms with Gasteiger partial charge in [-0.1, -0.05) is 5.21 Å². The lowest BCUT2D eigenvalue weighted by Crippen LogP contribution is -2.12. The van der Waals surface area contributed by atoms with E-state index in [1.54, 1.807) is 14.2 Å². The van der Waals surface area contributed by atoms with E-state index in [0.29, 0.717) is 13.2 Å². The Hall–Kier alpha value is -0.980. The molecule has 0 saturated heterocycles. The SMILES string of the molecule is CNCc1nnn(CCCOC)c1COC. The summed E-state index contributed by atoms with van der Waals surface area (Å²) in [6, 6.07) is 0. The molecule has 6 nitrogen and oxygen atoms in total. The molecule has 0 radical (unpaired) electrons. The lowest BCUT2D eigenvalue weighted by Gasteiger charge is -2.06. The molecule has 1 N–H and O–H groups in total. The molecule has 16 heavy (non-hydrogen) atoms. The topological polar surface area (TPSA) is 61.2 Å². The summed E-state index contributed by atoms with van der Waals surface area (Å²) in [4.78, 5) is 0. The minimum atomic E-state index is 0.539. The fourth-order valence-electron chi connectivity index (χ4n) is 1.51. The number of aryl methyl sites for hydroxylation is 1. The summed E-state index contributed by atoms with van der Waals surface area (Å²) in [7, 11) is 5.26. The van der Waals surface area contributed by atoms with Crippen molar-refractivity contribution in [1.29, 1.82) is 0 Å². The molecule has 1 aromatic heterocycles. The predicted molar refractivity (Wildman–Crippen MR) is 60.0 cm³/mol. The quantitative estimate of drug-likeness (QED) is 0.643. The number of aromatic nitrogens is 3. The van der Waals surface area contributed by atoms with Crippen LogP contribution in [0.5, 0.6) is 0 Å². The van der Waals surface area contributed by atoms with Gasteiger partial charge in [-0.3, -0.25) is 0 Å². The molecule has 1 rings (SSSR count). The molecule has 0 atom stereocenters. The fourth-order valence-corrected chi connectivity index (χ4v) is 1.51. The van der Waals surface area contributed by atoms with Crippen LogP contribution in [0.15, 0.2) is 0 Å². The Bertz CT molecular complexity index is 301. The van der Waals surface area contributed by atoms with Gasteiger partial charge in [0.1, 0.15) is 5.69 Å². The van der Waals surface area contributed by atoms with Gasteiger partial charge in [0.25, 0.3) is 0 Å². The summed E-state index contributed by atoms with van der Waals surface area (Å²) >= 11 is 0.